The van der Waals surface area contributed by atoms with Gasteiger partial charge < -0.3 is 10.6 Å². The smallest absolute Gasteiger partial charge is 0.346 e. The van der Waals surface area contributed by atoms with Crippen LogP contribution in [0.15, 0.2) is 0 Å². The summed E-state index contributed by atoms with van der Waals surface area (Å²) in [5.74, 6) is -6.56. The molecule has 0 saturated carbocycles. The summed E-state index contributed by atoms with van der Waals surface area (Å²) in [6.07, 6.45) is -3.28. The molecule has 1 aliphatic heterocycles. The van der Waals surface area contributed by atoms with Crippen molar-refractivity contribution in [1.82, 2.24) is 10.6 Å². The minimum atomic E-state index is -4.63. The summed E-state index contributed by atoms with van der Waals surface area (Å²) in [6.45, 7) is 4.24. The molecular formula is C10H17ClF4N2O. The van der Waals surface area contributed by atoms with Gasteiger partial charge in [0.1, 0.15) is 0 Å². The molecule has 3 unspecified atom stereocenters. The van der Waals surface area contributed by atoms with E-state index in [1.54, 1.807) is 13.8 Å². The normalized spacial score (nSPS) is 28.7. The van der Waals surface area contributed by atoms with Crippen molar-refractivity contribution in [2.75, 3.05) is 6.54 Å². The second-order valence-corrected chi connectivity index (χ2v) is 4.43. The average molecular weight is 293 g/mol. The number of alkyl halides is 4. The van der Waals surface area contributed by atoms with Crippen LogP contribution in [0.5, 0.6) is 0 Å². The van der Waals surface area contributed by atoms with Gasteiger partial charge in [-0.15, -0.1) is 12.4 Å². The lowest BCUT2D eigenvalue weighted by Crippen LogP contribution is -2.59. The molecule has 108 valence electrons. The van der Waals surface area contributed by atoms with Gasteiger partial charge in [0.15, 0.2) is 0 Å². The lowest BCUT2D eigenvalue weighted by Gasteiger charge is -2.36. The number of piperidine rings is 1. The molecule has 8 heteroatoms. The first-order valence-corrected chi connectivity index (χ1v) is 5.47. The number of halogens is 5. The fraction of sp³-hybridized carbons (Fsp3) is 0.900. The van der Waals surface area contributed by atoms with Gasteiger partial charge in [-0.05, 0) is 25.8 Å². The predicted octanol–water partition coefficient (Wildman–Crippen LogP) is 1.81. The van der Waals surface area contributed by atoms with Gasteiger partial charge in [0, 0.05) is 12.1 Å². The van der Waals surface area contributed by atoms with Crippen LogP contribution in [0.1, 0.15) is 20.3 Å². The van der Waals surface area contributed by atoms with E-state index < -0.39 is 24.3 Å². The average Bonchev–Trinajstić information content (AvgIpc) is 2.23. The van der Waals surface area contributed by atoms with Gasteiger partial charge in [0.05, 0.1) is 0 Å². The van der Waals surface area contributed by atoms with Gasteiger partial charge in [0.25, 0.3) is 5.91 Å². The Kier molecular flexibility index (Phi) is 6.36. The number of carbonyl (C=O) groups excluding carboxylic acids is 1. The van der Waals surface area contributed by atoms with Crippen molar-refractivity contribution in [3.63, 3.8) is 0 Å². The molecule has 18 heavy (non-hydrogen) atoms. The summed E-state index contributed by atoms with van der Waals surface area (Å²) in [7, 11) is 0. The van der Waals surface area contributed by atoms with Crippen molar-refractivity contribution in [2.24, 2.45) is 5.92 Å². The van der Waals surface area contributed by atoms with E-state index >= 15 is 0 Å². The molecule has 0 aromatic rings. The third-order valence-corrected chi connectivity index (χ3v) is 3.09. The largest absolute Gasteiger partial charge is 0.383 e. The van der Waals surface area contributed by atoms with Gasteiger partial charge in [-0.2, -0.15) is 8.78 Å². The van der Waals surface area contributed by atoms with Crippen LogP contribution in [0.4, 0.5) is 17.6 Å². The molecule has 2 N–H and O–H groups in total. The Morgan fingerprint density at radius 2 is 1.94 bits per heavy atom. The predicted molar refractivity (Wildman–Crippen MR) is 61.4 cm³/mol. The lowest BCUT2D eigenvalue weighted by atomic mass is 9.89. The number of amides is 1. The number of carbonyl (C=O) groups is 1. The topological polar surface area (TPSA) is 41.1 Å². The van der Waals surface area contributed by atoms with Crippen LogP contribution in [0.25, 0.3) is 0 Å². The van der Waals surface area contributed by atoms with E-state index in [4.69, 9.17) is 0 Å². The second kappa shape index (κ2) is 6.56. The molecule has 0 aromatic carbocycles. The van der Waals surface area contributed by atoms with E-state index in [0.29, 0.717) is 6.42 Å². The maximum atomic E-state index is 12.8. The number of hydrogen-bond donors (Lipinski definition) is 2. The van der Waals surface area contributed by atoms with Crippen molar-refractivity contribution in [3.05, 3.63) is 0 Å². The van der Waals surface area contributed by atoms with Crippen molar-refractivity contribution in [3.8, 4) is 0 Å². The van der Waals surface area contributed by atoms with E-state index in [9.17, 15) is 22.4 Å². The van der Waals surface area contributed by atoms with Crippen LogP contribution in [-0.2, 0) is 4.79 Å². The quantitative estimate of drug-likeness (QED) is 0.779. The summed E-state index contributed by atoms with van der Waals surface area (Å²) in [6, 6.07) is -0.767. The third-order valence-electron chi connectivity index (χ3n) is 3.09. The van der Waals surface area contributed by atoms with Crippen molar-refractivity contribution in [2.45, 2.75) is 44.7 Å². The Bertz CT molecular complexity index is 281. The highest BCUT2D eigenvalue weighted by Gasteiger charge is 2.50. The van der Waals surface area contributed by atoms with E-state index in [0.717, 1.165) is 6.54 Å². The summed E-state index contributed by atoms with van der Waals surface area (Å²) < 4.78 is 49.5. The molecule has 1 rings (SSSR count). The number of hydrogen-bond acceptors (Lipinski definition) is 2. The Hall–Kier alpha value is -0.560. The van der Waals surface area contributed by atoms with Gasteiger partial charge >= 0.3 is 12.3 Å². The maximum absolute atomic E-state index is 12.8. The lowest BCUT2D eigenvalue weighted by molar-refractivity contribution is -0.170. The standard InChI is InChI=1S/C10H16F4N2O.ClH/c1-5-3-4-15-6(2)7(5)16-9(17)10(13,14)8(11)12;/h5-8,15H,3-4H2,1-2H3,(H,16,17);1H. The van der Waals surface area contributed by atoms with Crippen LogP contribution in [0.2, 0.25) is 0 Å². The zero-order valence-corrected chi connectivity index (χ0v) is 10.9. The molecule has 0 aromatic heterocycles. The molecule has 1 heterocycles. The second-order valence-electron chi connectivity index (χ2n) is 4.43. The van der Waals surface area contributed by atoms with Gasteiger partial charge in [-0.3, -0.25) is 4.79 Å². The molecule has 1 fully saturated rings. The Morgan fingerprint density at radius 3 is 2.39 bits per heavy atom. The fourth-order valence-electron chi connectivity index (χ4n) is 1.95. The monoisotopic (exact) mass is 292 g/mol. The molecule has 0 bridgehead atoms. The summed E-state index contributed by atoms with van der Waals surface area (Å²) in [4.78, 5) is 11.1. The van der Waals surface area contributed by atoms with E-state index in [2.05, 4.69) is 5.32 Å². The summed E-state index contributed by atoms with van der Waals surface area (Å²) in [5, 5.41) is 5.01. The van der Waals surface area contributed by atoms with Crippen molar-refractivity contribution < 1.29 is 22.4 Å². The van der Waals surface area contributed by atoms with Crippen LogP contribution < -0.4 is 10.6 Å². The zero-order valence-electron chi connectivity index (χ0n) is 10.1. The highest BCUT2D eigenvalue weighted by atomic mass is 35.5. The minimum absolute atomic E-state index is 0. The molecule has 3 atom stereocenters. The molecule has 1 amide bonds. The number of nitrogens with one attached hydrogen (secondary N) is 2. The van der Waals surface area contributed by atoms with E-state index in [1.807, 2.05) is 5.32 Å². The first-order chi connectivity index (χ1) is 7.76. The SMILES string of the molecule is CC1CCNC(C)C1NC(=O)C(F)(F)C(F)F.Cl. The van der Waals surface area contributed by atoms with Crippen LogP contribution in [-0.4, -0.2) is 36.9 Å². The fourth-order valence-corrected chi connectivity index (χ4v) is 1.95. The highest BCUT2D eigenvalue weighted by molar-refractivity contribution is 5.85. The Balaban J connectivity index is 0.00000289. The van der Waals surface area contributed by atoms with E-state index in [-0.39, 0.29) is 24.4 Å². The minimum Gasteiger partial charge on any atom is -0.346 e. The van der Waals surface area contributed by atoms with E-state index in [1.165, 1.54) is 0 Å². The molecule has 1 saturated heterocycles. The molecule has 3 nitrogen and oxygen atoms in total. The third kappa shape index (κ3) is 3.71. The van der Waals surface area contributed by atoms with Gasteiger partial charge in [-0.1, -0.05) is 6.92 Å². The van der Waals surface area contributed by atoms with Crippen molar-refractivity contribution >= 4 is 18.3 Å². The first kappa shape index (κ1) is 17.4. The van der Waals surface area contributed by atoms with Gasteiger partial charge in [-0.25, -0.2) is 8.78 Å². The summed E-state index contributed by atoms with van der Waals surface area (Å²) in [5.41, 5.74) is 0. The van der Waals surface area contributed by atoms with Gasteiger partial charge in [0.2, 0.25) is 0 Å². The summed E-state index contributed by atoms with van der Waals surface area (Å²) >= 11 is 0. The molecule has 1 aliphatic rings. The zero-order chi connectivity index (χ0) is 13.2. The number of rotatable bonds is 3. The van der Waals surface area contributed by atoms with Crippen LogP contribution in [0.3, 0.4) is 0 Å². The molecule has 0 spiro atoms. The van der Waals surface area contributed by atoms with Crippen LogP contribution in [0, 0.1) is 5.92 Å². The van der Waals surface area contributed by atoms with Crippen molar-refractivity contribution in [1.29, 1.82) is 0 Å². The highest BCUT2D eigenvalue weighted by Crippen LogP contribution is 2.24. The molecular weight excluding hydrogens is 276 g/mol. The Morgan fingerprint density at radius 1 is 1.39 bits per heavy atom. The van der Waals surface area contributed by atoms with Crippen LogP contribution >= 0.6 is 12.4 Å². The maximum Gasteiger partial charge on any atom is 0.383 e. The first-order valence-electron chi connectivity index (χ1n) is 5.47. The molecule has 0 radical (unpaired) electrons. The molecule has 0 aliphatic carbocycles. The Labute approximate surface area is 109 Å².